The third kappa shape index (κ3) is 2.39. The Morgan fingerprint density at radius 2 is 1.78 bits per heavy atom. The van der Waals surface area contributed by atoms with Crippen LogP contribution in [0.25, 0.3) is 11.6 Å². The van der Waals surface area contributed by atoms with E-state index in [-0.39, 0.29) is 0 Å². The standard InChI is InChI=1S/C17H13N/c1-3-14-7-9-16(10-8-14)13(2)17-6-4-5-15(11-17)12-18/h3-11H,1-2H2. The highest BCUT2D eigenvalue weighted by molar-refractivity contribution is 5.79. The van der Waals surface area contributed by atoms with Gasteiger partial charge in [-0.05, 0) is 34.4 Å². The first-order chi connectivity index (χ1) is 8.74. The summed E-state index contributed by atoms with van der Waals surface area (Å²) >= 11 is 0. The first kappa shape index (κ1) is 11.9. The summed E-state index contributed by atoms with van der Waals surface area (Å²) < 4.78 is 0. The molecule has 0 N–H and O–H groups in total. The minimum atomic E-state index is 0.649. The predicted octanol–water partition coefficient (Wildman–Crippen LogP) is 4.26. The van der Waals surface area contributed by atoms with E-state index in [0.717, 1.165) is 22.3 Å². The van der Waals surface area contributed by atoms with Gasteiger partial charge in [-0.1, -0.05) is 55.6 Å². The number of hydrogen-bond acceptors (Lipinski definition) is 1. The molecule has 2 rings (SSSR count). The fraction of sp³-hybridized carbons (Fsp3) is 0. The molecular formula is C17H13N. The monoisotopic (exact) mass is 231 g/mol. The average molecular weight is 231 g/mol. The van der Waals surface area contributed by atoms with Crippen molar-refractivity contribution in [1.82, 2.24) is 0 Å². The lowest BCUT2D eigenvalue weighted by molar-refractivity contribution is 1.47. The molecular weight excluding hydrogens is 218 g/mol. The topological polar surface area (TPSA) is 23.8 Å². The van der Waals surface area contributed by atoms with Gasteiger partial charge >= 0.3 is 0 Å². The van der Waals surface area contributed by atoms with E-state index in [1.54, 1.807) is 6.07 Å². The Labute approximate surface area is 107 Å². The van der Waals surface area contributed by atoms with Crippen LogP contribution < -0.4 is 0 Å². The van der Waals surface area contributed by atoms with E-state index in [0.29, 0.717) is 5.56 Å². The van der Waals surface area contributed by atoms with Crippen molar-refractivity contribution in [2.75, 3.05) is 0 Å². The van der Waals surface area contributed by atoms with Gasteiger partial charge in [-0.2, -0.15) is 5.26 Å². The molecule has 1 heteroatoms. The molecule has 0 atom stereocenters. The number of rotatable bonds is 3. The number of hydrogen-bond donors (Lipinski definition) is 0. The lowest BCUT2D eigenvalue weighted by atomic mass is 9.97. The van der Waals surface area contributed by atoms with Gasteiger partial charge in [-0.3, -0.25) is 0 Å². The fourth-order valence-electron chi connectivity index (χ4n) is 1.76. The normalized spacial score (nSPS) is 9.50. The van der Waals surface area contributed by atoms with Crippen LogP contribution in [0.1, 0.15) is 22.3 Å². The Morgan fingerprint density at radius 1 is 1.06 bits per heavy atom. The zero-order valence-electron chi connectivity index (χ0n) is 10.1. The van der Waals surface area contributed by atoms with Crippen molar-refractivity contribution < 1.29 is 0 Å². The summed E-state index contributed by atoms with van der Waals surface area (Å²) in [5.74, 6) is 0. The molecule has 86 valence electrons. The van der Waals surface area contributed by atoms with E-state index in [2.05, 4.69) is 19.2 Å². The number of nitrogens with zero attached hydrogens (tertiary/aromatic N) is 1. The number of nitriles is 1. The van der Waals surface area contributed by atoms with Crippen molar-refractivity contribution in [3.63, 3.8) is 0 Å². The Morgan fingerprint density at radius 3 is 2.39 bits per heavy atom. The van der Waals surface area contributed by atoms with Gasteiger partial charge in [0.2, 0.25) is 0 Å². The Balaban J connectivity index is 2.35. The summed E-state index contributed by atoms with van der Waals surface area (Å²) in [6.07, 6.45) is 1.81. The van der Waals surface area contributed by atoms with Crippen LogP contribution in [0.15, 0.2) is 61.7 Å². The second kappa shape index (κ2) is 5.16. The lowest BCUT2D eigenvalue weighted by Gasteiger charge is -2.07. The Hall–Kier alpha value is -2.59. The molecule has 0 unspecified atom stereocenters. The maximum absolute atomic E-state index is 8.89. The highest BCUT2D eigenvalue weighted by atomic mass is 14.2. The largest absolute Gasteiger partial charge is 0.192 e. The van der Waals surface area contributed by atoms with E-state index in [1.807, 2.05) is 48.5 Å². The Kier molecular flexibility index (Phi) is 3.41. The maximum atomic E-state index is 8.89. The average Bonchev–Trinajstić information content (AvgIpc) is 2.46. The summed E-state index contributed by atoms with van der Waals surface area (Å²) in [5, 5.41) is 8.89. The molecule has 1 nitrogen and oxygen atoms in total. The van der Waals surface area contributed by atoms with Crippen LogP contribution in [-0.2, 0) is 0 Å². The number of benzene rings is 2. The quantitative estimate of drug-likeness (QED) is 0.774. The van der Waals surface area contributed by atoms with Gasteiger partial charge in [-0.15, -0.1) is 0 Å². The molecule has 0 aliphatic rings. The van der Waals surface area contributed by atoms with Crippen LogP contribution in [0.4, 0.5) is 0 Å². The molecule has 0 heterocycles. The SMILES string of the molecule is C=Cc1ccc(C(=C)c2cccc(C#N)c2)cc1. The summed E-state index contributed by atoms with van der Waals surface area (Å²) in [5.41, 5.74) is 4.67. The zero-order chi connectivity index (χ0) is 13.0. The molecule has 0 amide bonds. The van der Waals surface area contributed by atoms with Gasteiger partial charge in [-0.25, -0.2) is 0 Å². The van der Waals surface area contributed by atoms with E-state index in [1.165, 1.54) is 0 Å². The van der Waals surface area contributed by atoms with Crippen LogP contribution in [0, 0.1) is 11.3 Å². The molecule has 0 fully saturated rings. The third-order valence-electron chi connectivity index (χ3n) is 2.83. The summed E-state index contributed by atoms with van der Waals surface area (Å²) in [6, 6.07) is 17.6. The molecule has 2 aromatic rings. The van der Waals surface area contributed by atoms with Crippen LogP contribution in [0.3, 0.4) is 0 Å². The van der Waals surface area contributed by atoms with Crippen LogP contribution in [0.2, 0.25) is 0 Å². The van der Waals surface area contributed by atoms with Gasteiger partial charge in [0.15, 0.2) is 0 Å². The minimum Gasteiger partial charge on any atom is -0.192 e. The second-order valence-electron chi connectivity index (χ2n) is 4.00. The first-order valence-corrected chi connectivity index (χ1v) is 5.67. The molecule has 18 heavy (non-hydrogen) atoms. The van der Waals surface area contributed by atoms with Gasteiger partial charge < -0.3 is 0 Å². The predicted molar refractivity (Wildman–Crippen MR) is 75.8 cm³/mol. The van der Waals surface area contributed by atoms with E-state index < -0.39 is 0 Å². The first-order valence-electron chi connectivity index (χ1n) is 5.67. The smallest absolute Gasteiger partial charge is 0.0991 e. The lowest BCUT2D eigenvalue weighted by Crippen LogP contribution is -1.87. The second-order valence-corrected chi connectivity index (χ2v) is 4.00. The van der Waals surface area contributed by atoms with Crippen molar-refractivity contribution in [1.29, 1.82) is 5.26 Å². The van der Waals surface area contributed by atoms with Crippen molar-refractivity contribution in [3.8, 4) is 6.07 Å². The molecule has 0 aliphatic heterocycles. The van der Waals surface area contributed by atoms with E-state index in [9.17, 15) is 0 Å². The highest BCUT2D eigenvalue weighted by Gasteiger charge is 2.03. The molecule has 0 spiro atoms. The maximum Gasteiger partial charge on any atom is 0.0991 e. The van der Waals surface area contributed by atoms with Crippen LogP contribution in [-0.4, -0.2) is 0 Å². The highest BCUT2D eigenvalue weighted by Crippen LogP contribution is 2.22. The molecule has 0 aromatic heterocycles. The van der Waals surface area contributed by atoms with Crippen LogP contribution in [0.5, 0.6) is 0 Å². The fourth-order valence-corrected chi connectivity index (χ4v) is 1.76. The van der Waals surface area contributed by atoms with Crippen LogP contribution >= 0.6 is 0 Å². The summed E-state index contributed by atoms with van der Waals surface area (Å²) in [7, 11) is 0. The molecule has 0 saturated carbocycles. The molecule has 0 bridgehead atoms. The van der Waals surface area contributed by atoms with Crippen molar-refractivity contribution in [3.05, 3.63) is 83.9 Å². The Bertz CT molecular complexity index is 627. The van der Waals surface area contributed by atoms with Crippen molar-refractivity contribution in [2.24, 2.45) is 0 Å². The van der Waals surface area contributed by atoms with E-state index >= 15 is 0 Å². The van der Waals surface area contributed by atoms with Gasteiger partial charge in [0.25, 0.3) is 0 Å². The zero-order valence-corrected chi connectivity index (χ0v) is 10.1. The van der Waals surface area contributed by atoms with Gasteiger partial charge in [0, 0.05) is 0 Å². The van der Waals surface area contributed by atoms with Crippen molar-refractivity contribution >= 4 is 11.6 Å². The summed E-state index contributed by atoms with van der Waals surface area (Å²) in [4.78, 5) is 0. The van der Waals surface area contributed by atoms with E-state index in [4.69, 9.17) is 5.26 Å². The van der Waals surface area contributed by atoms with Crippen molar-refractivity contribution in [2.45, 2.75) is 0 Å². The molecule has 0 radical (unpaired) electrons. The molecule has 0 saturated heterocycles. The van der Waals surface area contributed by atoms with Gasteiger partial charge in [0.1, 0.15) is 0 Å². The van der Waals surface area contributed by atoms with Gasteiger partial charge in [0.05, 0.1) is 11.6 Å². The summed E-state index contributed by atoms with van der Waals surface area (Å²) in [6.45, 7) is 7.82. The molecule has 0 aliphatic carbocycles. The molecule has 2 aromatic carbocycles. The minimum absolute atomic E-state index is 0.649. The third-order valence-corrected chi connectivity index (χ3v) is 2.83.